The molecular formula is C7H13N3O3. The molecule has 0 aliphatic carbocycles. The number of rotatable bonds is 3. The smallest absolute Gasteiger partial charge is 0.343 e. The van der Waals surface area contributed by atoms with Crippen LogP contribution in [0.2, 0.25) is 0 Å². The molecule has 1 saturated heterocycles. The summed E-state index contributed by atoms with van der Waals surface area (Å²) in [4.78, 5) is 23.3. The second kappa shape index (κ2) is 3.71. The van der Waals surface area contributed by atoms with Crippen molar-refractivity contribution in [3.8, 4) is 0 Å². The molecule has 0 aromatic rings. The summed E-state index contributed by atoms with van der Waals surface area (Å²) >= 11 is 0. The summed E-state index contributed by atoms with van der Waals surface area (Å²) in [6, 6.07) is -0.461. The molecule has 6 nitrogen and oxygen atoms in total. The van der Waals surface area contributed by atoms with Crippen LogP contribution in [-0.2, 0) is 4.79 Å². The Labute approximate surface area is 76.3 Å². The van der Waals surface area contributed by atoms with Gasteiger partial charge in [0.1, 0.15) is 13.3 Å². The van der Waals surface area contributed by atoms with E-state index in [1.807, 2.05) is 6.92 Å². The van der Waals surface area contributed by atoms with Gasteiger partial charge in [-0.3, -0.25) is 4.79 Å². The molecule has 6 heteroatoms. The van der Waals surface area contributed by atoms with Crippen LogP contribution in [0.1, 0.15) is 6.92 Å². The van der Waals surface area contributed by atoms with Gasteiger partial charge < -0.3 is 5.11 Å². The zero-order valence-electron chi connectivity index (χ0n) is 7.73. The Kier molecular flexibility index (Phi) is 2.84. The summed E-state index contributed by atoms with van der Waals surface area (Å²) in [5, 5.41) is 11.7. The number of amides is 3. The summed E-state index contributed by atoms with van der Waals surface area (Å²) in [6.45, 7) is 1.98. The number of aliphatic hydroxyl groups excluding tert-OH is 1. The Bertz CT molecular complexity index is 231. The molecular weight excluding hydrogens is 174 g/mol. The summed E-state index contributed by atoms with van der Waals surface area (Å²) < 4.78 is 0. The van der Waals surface area contributed by atoms with Crippen LogP contribution in [-0.4, -0.2) is 58.8 Å². The number of imide groups is 1. The Morgan fingerprint density at radius 1 is 1.54 bits per heavy atom. The van der Waals surface area contributed by atoms with E-state index in [9.17, 15) is 9.59 Å². The second-order valence-corrected chi connectivity index (χ2v) is 2.78. The van der Waals surface area contributed by atoms with E-state index in [2.05, 4.69) is 0 Å². The van der Waals surface area contributed by atoms with E-state index in [1.54, 1.807) is 12.1 Å². The average molecular weight is 187 g/mol. The predicted molar refractivity (Wildman–Crippen MR) is 44.3 cm³/mol. The SMILES string of the molecule is CCN(C)N1CC(=O)N(CO)C1=O. The predicted octanol–water partition coefficient (Wildman–Crippen LogP) is -0.933. The van der Waals surface area contributed by atoms with Crippen LogP contribution in [0.15, 0.2) is 0 Å². The first kappa shape index (κ1) is 9.94. The lowest BCUT2D eigenvalue weighted by atomic mass is 10.6. The second-order valence-electron chi connectivity index (χ2n) is 2.78. The van der Waals surface area contributed by atoms with Gasteiger partial charge in [0, 0.05) is 13.6 Å². The van der Waals surface area contributed by atoms with E-state index < -0.39 is 12.8 Å². The normalized spacial score (nSPS) is 17.8. The molecule has 0 bridgehead atoms. The van der Waals surface area contributed by atoms with Crippen LogP contribution in [0.5, 0.6) is 0 Å². The third-order valence-corrected chi connectivity index (χ3v) is 2.05. The van der Waals surface area contributed by atoms with E-state index in [1.165, 1.54) is 5.01 Å². The van der Waals surface area contributed by atoms with Crippen molar-refractivity contribution in [2.24, 2.45) is 0 Å². The summed E-state index contributed by atoms with van der Waals surface area (Å²) in [5.74, 6) is -0.368. The zero-order chi connectivity index (χ0) is 10.0. The molecule has 1 heterocycles. The van der Waals surface area contributed by atoms with Gasteiger partial charge >= 0.3 is 6.03 Å². The lowest BCUT2D eigenvalue weighted by Gasteiger charge is -2.24. The Balaban J connectivity index is 2.72. The first-order chi connectivity index (χ1) is 6.11. The monoisotopic (exact) mass is 187 g/mol. The maximum atomic E-state index is 11.4. The Morgan fingerprint density at radius 2 is 2.15 bits per heavy atom. The minimum Gasteiger partial charge on any atom is -0.376 e. The highest BCUT2D eigenvalue weighted by Crippen LogP contribution is 2.10. The van der Waals surface area contributed by atoms with Crippen molar-refractivity contribution in [1.82, 2.24) is 14.9 Å². The molecule has 0 saturated carbocycles. The molecule has 1 aliphatic rings. The first-order valence-corrected chi connectivity index (χ1v) is 4.05. The van der Waals surface area contributed by atoms with Crippen molar-refractivity contribution in [2.75, 3.05) is 26.9 Å². The lowest BCUT2D eigenvalue weighted by molar-refractivity contribution is -0.128. The standard InChI is InChI=1S/C7H13N3O3/c1-3-8(2)10-4-6(12)9(5-11)7(10)13/h11H,3-5H2,1-2H3. The van der Waals surface area contributed by atoms with E-state index in [-0.39, 0.29) is 12.5 Å². The quantitative estimate of drug-likeness (QED) is 0.580. The van der Waals surface area contributed by atoms with Crippen molar-refractivity contribution in [3.05, 3.63) is 0 Å². The van der Waals surface area contributed by atoms with E-state index in [0.717, 1.165) is 4.90 Å². The molecule has 0 radical (unpaired) electrons. The van der Waals surface area contributed by atoms with Gasteiger partial charge in [-0.05, 0) is 0 Å². The van der Waals surface area contributed by atoms with Crippen LogP contribution < -0.4 is 0 Å². The molecule has 3 amide bonds. The van der Waals surface area contributed by atoms with Crippen molar-refractivity contribution in [1.29, 1.82) is 0 Å². The van der Waals surface area contributed by atoms with Gasteiger partial charge in [0.2, 0.25) is 0 Å². The first-order valence-electron chi connectivity index (χ1n) is 4.05. The largest absolute Gasteiger partial charge is 0.376 e. The number of aliphatic hydroxyl groups is 1. The molecule has 1 fully saturated rings. The van der Waals surface area contributed by atoms with Gasteiger partial charge in [-0.1, -0.05) is 6.92 Å². The molecule has 0 aromatic heterocycles. The van der Waals surface area contributed by atoms with Gasteiger partial charge in [0.25, 0.3) is 5.91 Å². The van der Waals surface area contributed by atoms with E-state index >= 15 is 0 Å². The van der Waals surface area contributed by atoms with Crippen molar-refractivity contribution >= 4 is 11.9 Å². The van der Waals surface area contributed by atoms with Gasteiger partial charge in [-0.2, -0.15) is 0 Å². The average Bonchev–Trinajstić information content (AvgIpc) is 2.40. The highest BCUT2D eigenvalue weighted by molar-refractivity contribution is 6.01. The number of carbonyl (C=O) groups excluding carboxylic acids is 2. The van der Waals surface area contributed by atoms with Gasteiger partial charge in [-0.15, -0.1) is 0 Å². The molecule has 1 aliphatic heterocycles. The number of hydrazine groups is 1. The summed E-state index contributed by atoms with van der Waals surface area (Å²) in [5.41, 5.74) is 0. The van der Waals surface area contributed by atoms with Crippen LogP contribution >= 0.6 is 0 Å². The van der Waals surface area contributed by atoms with Crippen LogP contribution in [0.3, 0.4) is 0 Å². The summed E-state index contributed by atoms with van der Waals surface area (Å²) in [7, 11) is 1.71. The highest BCUT2D eigenvalue weighted by atomic mass is 16.3. The zero-order valence-corrected chi connectivity index (χ0v) is 7.73. The molecule has 1 rings (SSSR count). The molecule has 0 unspecified atom stereocenters. The third kappa shape index (κ3) is 1.63. The molecule has 0 aromatic carbocycles. The molecule has 0 atom stereocenters. The van der Waals surface area contributed by atoms with Crippen LogP contribution in [0.4, 0.5) is 4.79 Å². The fourth-order valence-electron chi connectivity index (χ4n) is 1.10. The Morgan fingerprint density at radius 3 is 2.54 bits per heavy atom. The fourth-order valence-corrected chi connectivity index (χ4v) is 1.10. The van der Waals surface area contributed by atoms with E-state index in [4.69, 9.17) is 5.11 Å². The van der Waals surface area contributed by atoms with Crippen molar-refractivity contribution < 1.29 is 14.7 Å². The van der Waals surface area contributed by atoms with Crippen molar-refractivity contribution in [3.63, 3.8) is 0 Å². The minimum absolute atomic E-state index is 0.0176. The number of carbonyl (C=O) groups is 2. The topological polar surface area (TPSA) is 64.1 Å². The molecule has 74 valence electrons. The lowest BCUT2D eigenvalue weighted by Crippen LogP contribution is -2.42. The maximum Gasteiger partial charge on any atom is 0.343 e. The van der Waals surface area contributed by atoms with E-state index in [0.29, 0.717) is 6.54 Å². The molecule has 1 N–H and O–H groups in total. The summed E-state index contributed by atoms with van der Waals surface area (Å²) in [6.07, 6.45) is 0. The van der Waals surface area contributed by atoms with Gasteiger partial charge in [0.05, 0.1) is 0 Å². The molecule has 0 spiro atoms. The number of hydrogen-bond acceptors (Lipinski definition) is 4. The highest BCUT2D eigenvalue weighted by Gasteiger charge is 2.37. The Hall–Kier alpha value is -1.14. The molecule has 13 heavy (non-hydrogen) atoms. The van der Waals surface area contributed by atoms with Gasteiger partial charge in [-0.25, -0.2) is 19.7 Å². The maximum absolute atomic E-state index is 11.4. The van der Waals surface area contributed by atoms with Gasteiger partial charge in [0.15, 0.2) is 0 Å². The van der Waals surface area contributed by atoms with Crippen LogP contribution in [0.25, 0.3) is 0 Å². The number of nitrogens with zero attached hydrogens (tertiary/aromatic N) is 3. The third-order valence-electron chi connectivity index (χ3n) is 2.05. The number of urea groups is 1. The number of hydrogen-bond donors (Lipinski definition) is 1. The fraction of sp³-hybridized carbons (Fsp3) is 0.714. The van der Waals surface area contributed by atoms with Crippen molar-refractivity contribution in [2.45, 2.75) is 6.92 Å². The van der Waals surface area contributed by atoms with Crippen LogP contribution in [0, 0.1) is 0 Å². The minimum atomic E-state index is -0.550.